The first-order valence-corrected chi connectivity index (χ1v) is 7.54. The van der Waals surface area contributed by atoms with Gasteiger partial charge in [-0.25, -0.2) is 9.78 Å². The number of aromatic amines is 1. The fourth-order valence-electron chi connectivity index (χ4n) is 2.35. The molecule has 1 atom stereocenters. The molecule has 7 heteroatoms. The fourth-order valence-corrected chi connectivity index (χ4v) is 2.35. The number of amides is 3. The molecular formula is C16H23N5O2. The van der Waals surface area contributed by atoms with E-state index in [0.29, 0.717) is 5.82 Å². The highest BCUT2D eigenvalue weighted by Gasteiger charge is 2.22. The Hall–Kier alpha value is -2.57. The lowest BCUT2D eigenvalue weighted by Crippen LogP contribution is -2.43. The van der Waals surface area contributed by atoms with E-state index in [1.54, 1.807) is 0 Å². The molecule has 2 rings (SSSR count). The third-order valence-electron chi connectivity index (χ3n) is 3.69. The quantitative estimate of drug-likeness (QED) is 0.781. The Kier molecular flexibility index (Phi) is 4.88. The van der Waals surface area contributed by atoms with Gasteiger partial charge < -0.3 is 20.9 Å². The van der Waals surface area contributed by atoms with Crippen molar-refractivity contribution in [3.63, 3.8) is 0 Å². The lowest BCUT2D eigenvalue weighted by atomic mass is 10.0. The van der Waals surface area contributed by atoms with Crippen molar-refractivity contribution < 1.29 is 9.59 Å². The van der Waals surface area contributed by atoms with Crippen LogP contribution in [-0.2, 0) is 4.79 Å². The van der Waals surface area contributed by atoms with Gasteiger partial charge in [-0.15, -0.1) is 0 Å². The van der Waals surface area contributed by atoms with Crippen molar-refractivity contribution >= 4 is 23.0 Å². The van der Waals surface area contributed by atoms with Gasteiger partial charge in [0.15, 0.2) is 0 Å². The van der Waals surface area contributed by atoms with Crippen LogP contribution in [0.4, 0.5) is 4.79 Å². The summed E-state index contributed by atoms with van der Waals surface area (Å²) in [5, 5.41) is 2.91. The van der Waals surface area contributed by atoms with Crippen LogP contribution in [-0.4, -0.2) is 40.4 Å². The zero-order valence-electron chi connectivity index (χ0n) is 13.9. The van der Waals surface area contributed by atoms with Gasteiger partial charge in [0, 0.05) is 7.05 Å². The summed E-state index contributed by atoms with van der Waals surface area (Å²) in [6.07, 6.45) is 0. The first kappa shape index (κ1) is 16.8. The molecule has 124 valence electrons. The summed E-state index contributed by atoms with van der Waals surface area (Å²) >= 11 is 0. The molecule has 4 N–H and O–H groups in total. The van der Waals surface area contributed by atoms with E-state index in [-0.39, 0.29) is 24.4 Å². The number of H-pyrrole nitrogens is 1. The average molecular weight is 317 g/mol. The number of nitrogens with one attached hydrogen (secondary N) is 2. The number of nitrogens with two attached hydrogens (primary N) is 1. The maximum atomic E-state index is 12.1. The van der Waals surface area contributed by atoms with Crippen molar-refractivity contribution in [1.82, 2.24) is 20.2 Å². The Morgan fingerprint density at radius 3 is 2.70 bits per heavy atom. The molecule has 23 heavy (non-hydrogen) atoms. The number of benzene rings is 1. The number of fused-ring (bicyclic) bond motifs is 1. The molecule has 0 fully saturated rings. The Morgan fingerprint density at radius 1 is 1.39 bits per heavy atom. The summed E-state index contributed by atoms with van der Waals surface area (Å²) in [7, 11) is 1.48. The molecule has 0 aliphatic heterocycles. The minimum Gasteiger partial charge on any atom is -0.351 e. The molecule has 0 unspecified atom stereocenters. The number of carbonyl (C=O) groups is 2. The number of nitrogens with zero attached hydrogens (tertiary/aromatic N) is 2. The normalized spacial score (nSPS) is 12.4. The summed E-state index contributed by atoms with van der Waals surface area (Å²) < 4.78 is 0. The van der Waals surface area contributed by atoms with E-state index < -0.39 is 6.03 Å². The highest BCUT2D eigenvalue weighted by atomic mass is 16.2. The lowest BCUT2D eigenvalue weighted by Gasteiger charge is -2.22. The van der Waals surface area contributed by atoms with E-state index in [0.717, 1.165) is 21.5 Å². The second kappa shape index (κ2) is 6.68. The number of hydrogen-bond donors (Lipinski definition) is 3. The van der Waals surface area contributed by atoms with Crippen molar-refractivity contribution in [2.45, 2.75) is 26.8 Å². The molecule has 0 aliphatic rings. The van der Waals surface area contributed by atoms with E-state index in [1.807, 2.05) is 39.0 Å². The number of hydrogen-bond acceptors (Lipinski definition) is 3. The van der Waals surface area contributed by atoms with Crippen LogP contribution < -0.4 is 11.1 Å². The van der Waals surface area contributed by atoms with Gasteiger partial charge in [-0.05, 0) is 30.5 Å². The highest BCUT2D eigenvalue weighted by Crippen LogP contribution is 2.22. The summed E-state index contributed by atoms with van der Waals surface area (Å²) in [5.41, 5.74) is 8.08. The number of rotatable bonds is 5. The smallest absolute Gasteiger partial charge is 0.314 e. The monoisotopic (exact) mass is 317 g/mol. The van der Waals surface area contributed by atoms with E-state index in [2.05, 4.69) is 15.3 Å². The largest absolute Gasteiger partial charge is 0.351 e. The molecule has 3 amide bonds. The van der Waals surface area contributed by atoms with Gasteiger partial charge >= 0.3 is 6.03 Å². The second-order valence-corrected chi connectivity index (χ2v) is 6.13. The van der Waals surface area contributed by atoms with E-state index in [1.165, 1.54) is 7.05 Å². The maximum Gasteiger partial charge on any atom is 0.314 e. The van der Waals surface area contributed by atoms with E-state index in [4.69, 9.17) is 5.73 Å². The van der Waals surface area contributed by atoms with Crippen molar-refractivity contribution in [2.24, 2.45) is 11.7 Å². The SMILES string of the molecule is Cc1ccc2nc([C@H](NC(=O)CN(C)C(N)=O)C(C)C)[nH]c2c1. The molecule has 0 saturated carbocycles. The third kappa shape index (κ3) is 4.00. The van der Waals surface area contributed by atoms with E-state index >= 15 is 0 Å². The molecule has 7 nitrogen and oxygen atoms in total. The Labute approximate surface area is 135 Å². The number of primary amides is 1. The minimum atomic E-state index is -0.638. The van der Waals surface area contributed by atoms with Gasteiger partial charge in [0.2, 0.25) is 5.91 Å². The number of aromatic nitrogens is 2. The first-order valence-electron chi connectivity index (χ1n) is 7.54. The Balaban J connectivity index is 2.20. The van der Waals surface area contributed by atoms with Crippen LogP contribution in [0.2, 0.25) is 0 Å². The van der Waals surface area contributed by atoms with Gasteiger partial charge in [0.1, 0.15) is 12.4 Å². The number of imidazole rings is 1. The van der Waals surface area contributed by atoms with Gasteiger partial charge in [-0.3, -0.25) is 4.79 Å². The highest BCUT2D eigenvalue weighted by molar-refractivity contribution is 5.83. The van der Waals surface area contributed by atoms with Crippen LogP contribution in [0.5, 0.6) is 0 Å². The summed E-state index contributed by atoms with van der Waals surface area (Å²) in [5.74, 6) is 0.566. The molecule has 0 bridgehead atoms. The molecule has 1 aromatic carbocycles. The van der Waals surface area contributed by atoms with Crippen molar-refractivity contribution in [3.8, 4) is 0 Å². The van der Waals surface area contributed by atoms with Gasteiger partial charge in [0.25, 0.3) is 0 Å². The van der Waals surface area contributed by atoms with Crippen molar-refractivity contribution in [2.75, 3.05) is 13.6 Å². The summed E-state index contributed by atoms with van der Waals surface area (Å²) in [6, 6.07) is 5.06. The molecule has 2 aromatic rings. The minimum absolute atomic E-state index is 0.0854. The van der Waals surface area contributed by atoms with Crippen molar-refractivity contribution in [3.05, 3.63) is 29.6 Å². The Bertz CT molecular complexity index is 722. The summed E-state index contributed by atoms with van der Waals surface area (Å²) in [4.78, 5) is 32.1. The topological polar surface area (TPSA) is 104 Å². The van der Waals surface area contributed by atoms with Crippen LogP contribution in [0, 0.1) is 12.8 Å². The van der Waals surface area contributed by atoms with Crippen LogP contribution in [0.1, 0.15) is 31.3 Å². The zero-order chi connectivity index (χ0) is 17.1. The molecule has 1 heterocycles. The third-order valence-corrected chi connectivity index (χ3v) is 3.69. The summed E-state index contributed by atoms with van der Waals surface area (Å²) in [6.45, 7) is 5.93. The number of urea groups is 1. The zero-order valence-corrected chi connectivity index (χ0v) is 13.9. The molecule has 0 radical (unpaired) electrons. The molecular weight excluding hydrogens is 294 g/mol. The standard InChI is InChI=1S/C16H23N5O2/c1-9(2)14(20-13(22)8-21(4)16(17)23)15-18-11-6-5-10(3)7-12(11)19-15/h5-7,9,14H,8H2,1-4H3,(H2,17,23)(H,18,19)(H,20,22)/t14-/m1/s1. The van der Waals surface area contributed by atoms with Gasteiger partial charge in [-0.1, -0.05) is 19.9 Å². The molecule has 0 spiro atoms. The Morgan fingerprint density at radius 2 is 2.09 bits per heavy atom. The van der Waals surface area contributed by atoms with Crippen LogP contribution in [0.25, 0.3) is 11.0 Å². The second-order valence-electron chi connectivity index (χ2n) is 6.13. The average Bonchev–Trinajstić information content (AvgIpc) is 2.86. The molecule has 1 aromatic heterocycles. The fraction of sp³-hybridized carbons (Fsp3) is 0.438. The predicted molar refractivity (Wildman–Crippen MR) is 88.8 cm³/mol. The number of likely N-dealkylation sites (N-methyl/N-ethyl adjacent to an activating group) is 1. The maximum absolute atomic E-state index is 12.1. The first-order chi connectivity index (χ1) is 10.8. The van der Waals surface area contributed by atoms with Gasteiger partial charge in [-0.2, -0.15) is 0 Å². The molecule has 0 saturated heterocycles. The number of aryl methyl sites for hydroxylation is 1. The molecule has 0 aliphatic carbocycles. The lowest BCUT2D eigenvalue weighted by molar-refractivity contribution is -0.122. The van der Waals surface area contributed by atoms with E-state index in [9.17, 15) is 9.59 Å². The van der Waals surface area contributed by atoms with Crippen molar-refractivity contribution in [1.29, 1.82) is 0 Å². The van der Waals surface area contributed by atoms with Crippen LogP contribution >= 0.6 is 0 Å². The van der Waals surface area contributed by atoms with Crippen LogP contribution in [0.3, 0.4) is 0 Å². The number of carbonyl (C=O) groups excluding carboxylic acids is 2. The van der Waals surface area contributed by atoms with Crippen LogP contribution in [0.15, 0.2) is 18.2 Å². The van der Waals surface area contributed by atoms with Gasteiger partial charge in [0.05, 0.1) is 17.1 Å². The predicted octanol–water partition coefficient (Wildman–Crippen LogP) is 1.70.